The minimum Gasteiger partial charge on any atom is -0.314 e. The van der Waals surface area contributed by atoms with Gasteiger partial charge in [0.25, 0.3) is 0 Å². The topological polar surface area (TPSA) is 12.0 Å². The average molecular weight is 245 g/mol. The van der Waals surface area contributed by atoms with Gasteiger partial charge in [-0.1, -0.05) is 24.6 Å². The molecule has 1 aromatic carbocycles. The van der Waals surface area contributed by atoms with Crippen LogP contribution in [0.4, 0.5) is 0 Å². The van der Waals surface area contributed by atoms with Crippen LogP contribution in [0, 0.1) is 0 Å². The molecule has 1 aliphatic heterocycles. The van der Waals surface area contributed by atoms with Crippen molar-refractivity contribution in [1.82, 2.24) is 5.32 Å². The molecule has 0 saturated carbocycles. The Kier molecular flexibility index (Phi) is 3.44. The number of nitrogens with one attached hydrogen (secondary N) is 1. The van der Waals surface area contributed by atoms with Crippen molar-refractivity contribution < 1.29 is 0 Å². The second-order valence-corrected chi connectivity index (χ2v) is 6.10. The standard InChI is InChI=1S/C15H19NS/c1-2-7-15-12(5-1)11-14(17-15)9-8-13-6-3-4-10-16-13/h1-2,5,7,11,13,16H,3-4,6,8-10H2. The summed E-state index contributed by atoms with van der Waals surface area (Å²) in [4.78, 5) is 1.54. The predicted molar refractivity (Wildman–Crippen MR) is 75.8 cm³/mol. The van der Waals surface area contributed by atoms with E-state index in [9.17, 15) is 0 Å². The molecule has 1 fully saturated rings. The van der Waals surface area contributed by atoms with Gasteiger partial charge in [-0.3, -0.25) is 0 Å². The Balaban J connectivity index is 1.64. The SMILES string of the molecule is c1ccc2sc(CCC3CCCCN3)cc2c1. The molecule has 2 heteroatoms. The molecule has 0 radical (unpaired) electrons. The highest BCUT2D eigenvalue weighted by atomic mass is 32.1. The summed E-state index contributed by atoms with van der Waals surface area (Å²) in [5, 5.41) is 5.03. The molecule has 2 aromatic rings. The summed E-state index contributed by atoms with van der Waals surface area (Å²) in [6, 6.07) is 11.8. The molecule has 0 aliphatic carbocycles. The molecule has 0 spiro atoms. The van der Waals surface area contributed by atoms with Gasteiger partial charge in [0, 0.05) is 15.6 Å². The molecule has 1 aromatic heterocycles. The van der Waals surface area contributed by atoms with Crippen LogP contribution >= 0.6 is 11.3 Å². The number of aryl methyl sites for hydroxylation is 1. The largest absolute Gasteiger partial charge is 0.314 e. The Labute approximate surface area is 107 Å². The Morgan fingerprint density at radius 1 is 1.24 bits per heavy atom. The fourth-order valence-electron chi connectivity index (χ4n) is 2.65. The normalized spacial score (nSPS) is 20.8. The third-order valence-corrected chi connectivity index (χ3v) is 4.80. The van der Waals surface area contributed by atoms with Crippen LogP contribution in [0.5, 0.6) is 0 Å². The van der Waals surface area contributed by atoms with Gasteiger partial charge in [-0.05, 0) is 49.7 Å². The van der Waals surface area contributed by atoms with Gasteiger partial charge in [-0.25, -0.2) is 0 Å². The average Bonchev–Trinajstić information content (AvgIpc) is 2.80. The lowest BCUT2D eigenvalue weighted by Crippen LogP contribution is -2.34. The zero-order chi connectivity index (χ0) is 11.5. The third-order valence-electron chi connectivity index (χ3n) is 3.63. The number of thiophene rings is 1. The van der Waals surface area contributed by atoms with E-state index in [0.717, 1.165) is 6.04 Å². The van der Waals surface area contributed by atoms with E-state index in [1.165, 1.54) is 48.7 Å². The summed E-state index contributed by atoms with van der Waals surface area (Å²) in [5.41, 5.74) is 0. The van der Waals surface area contributed by atoms with Crippen LogP contribution in [-0.4, -0.2) is 12.6 Å². The van der Waals surface area contributed by atoms with Gasteiger partial charge in [0.1, 0.15) is 0 Å². The molecule has 1 aliphatic rings. The first-order valence-corrected chi connectivity index (χ1v) is 7.44. The molecule has 0 bridgehead atoms. The lowest BCUT2D eigenvalue weighted by atomic mass is 10.0. The van der Waals surface area contributed by atoms with Gasteiger partial charge in [0.15, 0.2) is 0 Å². The molecular formula is C15H19NS. The lowest BCUT2D eigenvalue weighted by Gasteiger charge is -2.22. The molecule has 17 heavy (non-hydrogen) atoms. The van der Waals surface area contributed by atoms with Gasteiger partial charge in [0.05, 0.1) is 0 Å². The second-order valence-electron chi connectivity index (χ2n) is 4.94. The van der Waals surface area contributed by atoms with Crippen molar-refractivity contribution in [3.8, 4) is 0 Å². The summed E-state index contributed by atoms with van der Waals surface area (Å²) >= 11 is 1.96. The quantitative estimate of drug-likeness (QED) is 0.862. The van der Waals surface area contributed by atoms with Crippen molar-refractivity contribution >= 4 is 21.4 Å². The van der Waals surface area contributed by atoms with Crippen molar-refractivity contribution in [1.29, 1.82) is 0 Å². The number of hydrogen-bond donors (Lipinski definition) is 1. The third kappa shape index (κ3) is 2.70. The minimum absolute atomic E-state index is 0.758. The summed E-state index contributed by atoms with van der Waals surface area (Å²) in [6.45, 7) is 1.22. The van der Waals surface area contributed by atoms with Crippen molar-refractivity contribution in [3.05, 3.63) is 35.2 Å². The Morgan fingerprint density at radius 3 is 3.00 bits per heavy atom. The van der Waals surface area contributed by atoms with Crippen LogP contribution in [-0.2, 0) is 6.42 Å². The van der Waals surface area contributed by atoms with Crippen molar-refractivity contribution in [2.75, 3.05) is 6.54 Å². The predicted octanol–water partition coefficient (Wildman–Crippen LogP) is 3.98. The lowest BCUT2D eigenvalue weighted by molar-refractivity contribution is 0.383. The molecule has 3 rings (SSSR count). The molecule has 1 atom stereocenters. The molecule has 1 nitrogen and oxygen atoms in total. The molecule has 1 unspecified atom stereocenters. The zero-order valence-corrected chi connectivity index (χ0v) is 10.9. The maximum absolute atomic E-state index is 3.63. The molecular weight excluding hydrogens is 226 g/mol. The van der Waals surface area contributed by atoms with E-state index in [-0.39, 0.29) is 0 Å². The molecule has 1 saturated heterocycles. The van der Waals surface area contributed by atoms with Crippen molar-refractivity contribution in [2.45, 2.75) is 38.1 Å². The van der Waals surface area contributed by atoms with Gasteiger partial charge in [-0.2, -0.15) is 0 Å². The number of fused-ring (bicyclic) bond motifs is 1. The minimum atomic E-state index is 0.758. The molecule has 2 heterocycles. The van der Waals surface area contributed by atoms with E-state index < -0.39 is 0 Å². The molecule has 90 valence electrons. The molecule has 1 N–H and O–H groups in total. The van der Waals surface area contributed by atoms with Crippen molar-refractivity contribution in [3.63, 3.8) is 0 Å². The number of piperidine rings is 1. The maximum atomic E-state index is 3.63. The summed E-state index contributed by atoms with van der Waals surface area (Å²) in [7, 11) is 0. The maximum Gasteiger partial charge on any atom is 0.0345 e. The smallest absolute Gasteiger partial charge is 0.0345 e. The summed E-state index contributed by atoms with van der Waals surface area (Å²) < 4.78 is 1.43. The fraction of sp³-hybridized carbons (Fsp3) is 0.467. The highest BCUT2D eigenvalue weighted by Gasteiger charge is 2.12. The van der Waals surface area contributed by atoms with Crippen molar-refractivity contribution in [2.24, 2.45) is 0 Å². The summed E-state index contributed by atoms with van der Waals surface area (Å²) in [6.07, 6.45) is 6.66. The Hall–Kier alpha value is -0.860. The van der Waals surface area contributed by atoms with E-state index in [1.54, 1.807) is 4.88 Å². The van der Waals surface area contributed by atoms with Gasteiger partial charge in [0.2, 0.25) is 0 Å². The molecule has 0 amide bonds. The van der Waals surface area contributed by atoms with E-state index in [0.29, 0.717) is 0 Å². The van der Waals surface area contributed by atoms with Crippen LogP contribution in [0.3, 0.4) is 0 Å². The van der Waals surface area contributed by atoms with Crippen LogP contribution in [0.15, 0.2) is 30.3 Å². The van der Waals surface area contributed by atoms with E-state index in [1.807, 2.05) is 11.3 Å². The first-order chi connectivity index (χ1) is 8.42. The number of benzene rings is 1. The van der Waals surface area contributed by atoms with Gasteiger partial charge in [-0.15, -0.1) is 11.3 Å². The number of rotatable bonds is 3. The van der Waals surface area contributed by atoms with Gasteiger partial charge >= 0.3 is 0 Å². The second kappa shape index (κ2) is 5.19. The van der Waals surface area contributed by atoms with E-state index >= 15 is 0 Å². The fourth-order valence-corrected chi connectivity index (χ4v) is 3.73. The zero-order valence-electron chi connectivity index (χ0n) is 10.1. The van der Waals surface area contributed by atoms with Gasteiger partial charge < -0.3 is 5.32 Å². The Morgan fingerprint density at radius 2 is 2.18 bits per heavy atom. The van der Waals surface area contributed by atoms with E-state index in [2.05, 4.69) is 35.6 Å². The first-order valence-electron chi connectivity index (χ1n) is 6.63. The highest BCUT2D eigenvalue weighted by Crippen LogP contribution is 2.26. The van der Waals surface area contributed by atoms with Crippen LogP contribution in [0.2, 0.25) is 0 Å². The Bertz CT molecular complexity index is 449. The van der Waals surface area contributed by atoms with Crippen LogP contribution < -0.4 is 5.32 Å². The van der Waals surface area contributed by atoms with Crippen LogP contribution in [0.1, 0.15) is 30.6 Å². The first kappa shape index (κ1) is 11.2. The highest BCUT2D eigenvalue weighted by molar-refractivity contribution is 7.19. The number of hydrogen-bond acceptors (Lipinski definition) is 2. The van der Waals surface area contributed by atoms with E-state index in [4.69, 9.17) is 0 Å². The van der Waals surface area contributed by atoms with Crippen LogP contribution in [0.25, 0.3) is 10.1 Å². The summed E-state index contributed by atoms with van der Waals surface area (Å²) in [5.74, 6) is 0. The monoisotopic (exact) mass is 245 g/mol.